The monoisotopic (exact) mass is 476 g/mol. The third kappa shape index (κ3) is 4.69. The molecule has 0 radical (unpaired) electrons. The molecule has 2 aromatic carbocycles. The van der Waals surface area contributed by atoms with Gasteiger partial charge in [0.2, 0.25) is 11.7 Å². The number of fused-ring (bicyclic) bond motifs is 1. The van der Waals surface area contributed by atoms with Crippen molar-refractivity contribution in [1.29, 1.82) is 0 Å². The van der Waals surface area contributed by atoms with Gasteiger partial charge in [-0.1, -0.05) is 47.3 Å². The first-order valence-electron chi connectivity index (χ1n) is 10.4. The zero-order valence-corrected chi connectivity index (χ0v) is 19.4. The van der Waals surface area contributed by atoms with Crippen LogP contribution in [0.5, 0.6) is 5.75 Å². The lowest BCUT2D eigenvalue weighted by molar-refractivity contribution is 0.340. The molecule has 3 aromatic heterocycles. The third-order valence-corrected chi connectivity index (χ3v) is 6.78. The molecule has 0 aliphatic rings. The Kier molecular flexibility index (Phi) is 6.23. The molecule has 33 heavy (non-hydrogen) atoms. The second-order valence-corrected chi connectivity index (χ2v) is 9.02. The number of nitrogens with zero attached hydrogens (tertiary/aromatic N) is 4. The lowest BCUT2D eigenvalue weighted by Gasteiger charge is -2.11. The van der Waals surface area contributed by atoms with Gasteiger partial charge in [0.15, 0.2) is 5.16 Å². The van der Waals surface area contributed by atoms with Crippen molar-refractivity contribution in [3.63, 3.8) is 0 Å². The molecule has 0 bridgehead atoms. The first-order chi connectivity index (χ1) is 16.2. The van der Waals surface area contributed by atoms with E-state index in [1.807, 2.05) is 73.0 Å². The van der Waals surface area contributed by atoms with Crippen LogP contribution >= 0.6 is 23.1 Å². The van der Waals surface area contributed by atoms with Gasteiger partial charge >= 0.3 is 0 Å². The van der Waals surface area contributed by atoms with Crippen molar-refractivity contribution in [3.8, 4) is 17.1 Å². The van der Waals surface area contributed by atoms with E-state index in [0.717, 1.165) is 16.9 Å². The van der Waals surface area contributed by atoms with Gasteiger partial charge in [0.25, 0.3) is 5.56 Å². The van der Waals surface area contributed by atoms with Crippen LogP contribution in [0.15, 0.2) is 80.5 Å². The first kappa shape index (κ1) is 21.4. The number of hydrogen-bond donors (Lipinski definition) is 0. The summed E-state index contributed by atoms with van der Waals surface area (Å²) >= 11 is 2.82. The quantitative estimate of drug-likeness (QED) is 0.223. The molecule has 0 amide bonds. The van der Waals surface area contributed by atoms with E-state index in [1.54, 1.807) is 4.57 Å². The summed E-state index contributed by atoms with van der Waals surface area (Å²) in [7, 11) is 0. The van der Waals surface area contributed by atoms with Gasteiger partial charge in [0.05, 0.1) is 24.4 Å². The van der Waals surface area contributed by atoms with Gasteiger partial charge in [-0.05, 0) is 48.2 Å². The lowest BCUT2D eigenvalue weighted by Crippen LogP contribution is -2.23. The fraction of sp³-hybridized carbons (Fsp3) is 0.167. The molecule has 0 fully saturated rings. The Bertz CT molecular complexity index is 1430. The predicted molar refractivity (Wildman–Crippen MR) is 130 cm³/mol. The van der Waals surface area contributed by atoms with Crippen LogP contribution in [-0.2, 0) is 12.3 Å². The summed E-state index contributed by atoms with van der Waals surface area (Å²) in [5.41, 5.74) is 2.55. The van der Waals surface area contributed by atoms with Crippen LogP contribution in [0.4, 0.5) is 0 Å². The Morgan fingerprint density at radius 2 is 1.88 bits per heavy atom. The van der Waals surface area contributed by atoms with E-state index in [9.17, 15) is 4.79 Å². The van der Waals surface area contributed by atoms with Crippen LogP contribution in [-0.4, -0.2) is 26.3 Å². The molecule has 0 N–H and O–H groups in total. The molecule has 5 aromatic rings. The first-order valence-corrected chi connectivity index (χ1v) is 12.3. The number of ether oxygens (including phenoxy) is 1. The number of aromatic nitrogens is 4. The third-order valence-electron chi connectivity index (χ3n) is 4.93. The van der Waals surface area contributed by atoms with E-state index in [-0.39, 0.29) is 5.56 Å². The number of rotatable bonds is 8. The van der Waals surface area contributed by atoms with Crippen molar-refractivity contribution in [3.05, 3.63) is 87.9 Å². The molecule has 166 valence electrons. The molecule has 0 saturated carbocycles. The Labute approximate surface area is 198 Å². The fourth-order valence-electron chi connectivity index (χ4n) is 3.36. The van der Waals surface area contributed by atoms with Crippen LogP contribution in [0, 0.1) is 0 Å². The summed E-state index contributed by atoms with van der Waals surface area (Å²) in [5, 5.41) is 6.61. The molecule has 0 unspecified atom stereocenters. The van der Waals surface area contributed by atoms with E-state index in [0.29, 0.717) is 46.0 Å². The summed E-state index contributed by atoms with van der Waals surface area (Å²) < 4.78 is 13.3. The molecule has 5 rings (SSSR count). The molecular weight excluding hydrogens is 456 g/mol. The maximum Gasteiger partial charge on any atom is 0.272 e. The molecular formula is C24H20N4O3S2. The summed E-state index contributed by atoms with van der Waals surface area (Å²) in [6, 6.07) is 19.3. The van der Waals surface area contributed by atoms with Gasteiger partial charge in [-0.3, -0.25) is 9.36 Å². The topological polar surface area (TPSA) is 83.0 Å². The standard InChI is InChI=1S/C24H20N4O3S2/c1-2-30-18-10-8-17(9-11-18)22-26-20(31-27-22)15-33-24-25-19-12-13-32-21(19)23(29)28(24)14-16-6-4-3-5-7-16/h3-13H,2,14-15H2,1H3. The van der Waals surface area contributed by atoms with Gasteiger partial charge in [-0.2, -0.15) is 4.98 Å². The minimum absolute atomic E-state index is 0.0399. The minimum atomic E-state index is -0.0399. The van der Waals surface area contributed by atoms with E-state index >= 15 is 0 Å². The summed E-state index contributed by atoms with van der Waals surface area (Å²) in [6.07, 6.45) is 0. The van der Waals surface area contributed by atoms with Crippen LogP contribution < -0.4 is 10.3 Å². The summed E-state index contributed by atoms with van der Waals surface area (Å²) in [5.74, 6) is 2.18. The Hall–Kier alpha value is -3.43. The smallest absolute Gasteiger partial charge is 0.272 e. The van der Waals surface area contributed by atoms with Crippen molar-refractivity contribution < 1.29 is 9.26 Å². The van der Waals surface area contributed by atoms with Crippen molar-refractivity contribution in [2.24, 2.45) is 0 Å². The highest BCUT2D eigenvalue weighted by Crippen LogP contribution is 2.26. The van der Waals surface area contributed by atoms with Gasteiger partial charge in [-0.15, -0.1) is 11.3 Å². The maximum absolute atomic E-state index is 13.1. The largest absolute Gasteiger partial charge is 0.494 e. The Morgan fingerprint density at radius 1 is 1.06 bits per heavy atom. The molecule has 9 heteroatoms. The van der Waals surface area contributed by atoms with Crippen molar-refractivity contribution >= 4 is 33.3 Å². The Morgan fingerprint density at radius 3 is 2.67 bits per heavy atom. The number of hydrogen-bond acceptors (Lipinski definition) is 8. The summed E-state index contributed by atoms with van der Waals surface area (Å²) in [4.78, 5) is 22.4. The second-order valence-electron chi connectivity index (χ2n) is 7.16. The molecule has 0 spiro atoms. The van der Waals surface area contributed by atoms with E-state index < -0.39 is 0 Å². The second kappa shape index (κ2) is 9.60. The van der Waals surface area contributed by atoms with Gasteiger partial charge in [0, 0.05) is 5.56 Å². The van der Waals surface area contributed by atoms with Crippen LogP contribution in [0.1, 0.15) is 18.4 Å². The van der Waals surface area contributed by atoms with Crippen LogP contribution in [0.25, 0.3) is 21.6 Å². The molecule has 3 heterocycles. The van der Waals surface area contributed by atoms with Gasteiger partial charge in [0.1, 0.15) is 10.4 Å². The normalized spacial score (nSPS) is 11.2. The highest BCUT2D eigenvalue weighted by molar-refractivity contribution is 7.98. The highest BCUT2D eigenvalue weighted by Gasteiger charge is 2.16. The van der Waals surface area contributed by atoms with Crippen molar-refractivity contribution in [2.75, 3.05) is 6.61 Å². The molecule has 7 nitrogen and oxygen atoms in total. The molecule has 0 aliphatic heterocycles. The lowest BCUT2D eigenvalue weighted by atomic mass is 10.2. The number of benzene rings is 2. The minimum Gasteiger partial charge on any atom is -0.494 e. The fourth-order valence-corrected chi connectivity index (χ4v) is 4.98. The summed E-state index contributed by atoms with van der Waals surface area (Å²) in [6.45, 7) is 3.01. The average Bonchev–Trinajstić information content (AvgIpc) is 3.51. The predicted octanol–water partition coefficient (Wildman–Crippen LogP) is 5.25. The van der Waals surface area contributed by atoms with E-state index in [2.05, 4.69) is 10.1 Å². The number of thiophene rings is 1. The zero-order chi connectivity index (χ0) is 22.6. The number of thioether (sulfide) groups is 1. The zero-order valence-electron chi connectivity index (χ0n) is 17.8. The molecule has 0 aliphatic carbocycles. The maximum atomic E-state index is 13.1. The van der Waals surface area contributed by atoms with Crippen molar-refractivity contribution in [1.82, 2.24) is 19.7 Å². The van der Waals surface area contributed by atoms with E-state index in [4.69, 9.17) is 14.2 Å². The SMILES string of the molecule is CCOc1ccc(-c2noc(CSc3nc4ccsc4c(=O)n3Cc3ccccc3)n2)cc1. The van der Waals surface area contributed by atoms with E-state index in [1.165, 1.54) is 23.1 Å². The van der Waals surface area contributed by atoms with Crippen LogP contribution in [0.3, 0.4) is 0 Å². The van der Waals surface area contributed by atoms with Crippen molar-refractivity contribution in [2.45, 2.75) is 24.4 Å². The van der Waals surface area contributed by atoms with Gasteiger partial charge in [-0.25, -0.2) is 4.98 Å². The van der Waals surface area contributed by atoms with Crippen LogP contribution in [0.2, 0.25) is 0 Å². The molecule has 0 atom stereocenters. The Balaban J connectivity index is 1.38. The molecule has 0 saturated heterocycles. The average molecular weight is 477 g/mol. The highest BCUT2D eigenvalue weighted by atomic mass is 32.2. The van der Waals surface area contributed by atoms with Gasteiger partial charge < -0.3 is 9.26 Å².